The Morgan fingerprint density at radius 3 is 2.40 bits per heavy atom. The molecule has 0 aliphatic carbocycles. The minimum absolute atomic E-state index is 0.0878. The van der Waals surface area contributed by atoms with Crippen LogP contribution in [0, 0.1) is 0 Å². The average molecular weight is 277 g/mol. The Kier molecular flexibility index (Phi) is 7.35. The molecule has 0 radical (unpaired) electrons. The quantitative estimate of drug-likeness (QED) is 0.658. The fraction of sp³-hybridized carbons (Fsp3) is 0.467. The Morgan fingerprint density at radius 2 is 1.75 bits per heavy atom. The van der Waals surface area contributed by atoms with Gasteiger partial charge < -0.3 is 10.6 Å². The second-order valence-corrected chi connectivity index (χ2v) is 4.74. The van der Waals surface area contributed by atoms with Crippen LogP contribution in [0.2, 0.25) is 0 Å². The zero-order valence-electron chi connectivity index (χ0n) is 12.1. The SMILES string of the molecule is CCC(C)NC(=O)CNCC(=O)NCc1ccccc1. The van der Waals surface area contributed by atoms with Crippen LogP contribution in [0.4, 0.5) is 0 Å². The first-order chi connectivity index (χ1) is 9.61. The Morgan fingerprint density at radius 1 is 1.10 bits per heavy atom. The van der Waals surface area contributed by atoms with E-state index in [-0.39, 0.29) is 30.9 Å². The van der Waals surface area contributed by atoms with Crippen molar-refractivity contribution in [1.82, 2.24) is 16.0 Å². The molecule has 110 valence electrons. The molecule has 0 spiro atoms. The number of amides is 2. The van der Waals surface area contributed by atoms with Crippen molar-refractivity contribution in [3.8, 4) is 0 Å². The fourth-order valence-corrected chi connectivity index (χ4v) is 1.58. The van der Waals surface area contributed by atoms with Crippen LogP contribution >= 0.6 is 0 Å². The van der Waals surface area contributed by atoms with Crippen molar-refractivity contribution in [1.29, 1.82) is 0 Å². The van der Waals surface area contributed by atoms with Gasteiger partial charge in [-0.25, -0.2) is 0 Å². The minimum Gasteiger partial charge on any atom is -0.353 e. The summed E-state index contributed by atoms with van der Waals surface area (Å²) in [4.78, 5) is 23.0. The predicted molar refractivity (Wildman–Crippen MR) is 79.1 cm³/mol. The summed E-state index contributed by atoms with van der Waals surface area (Å²) in [5.74, 6) is -0.208. The van der Waals surface area contributed by atoms with Gasteiger partial charge in [-0.3, -0.25) is 14.9 Å². The molecule has 1 atom stereocenters. The highest BCUT2D eigenvalue weighted by Gasteiger charge is 2.06. The third-order valence-corrected chi connectivity index (χ3v) is 2.92. The highest BCUT2D eigenvalue weighted by Crippen LogP contribution is 1.96. The largest absolute Gasteiger partial charge is 0.353 e. The third-order valence-electron chi connectivity index (χ3n) is 2.92. The molecule has 1 aromatic rings. The summed E-state index contributed by atoms with van der Waals surface area (Å²) in [5.41, 5.74) is 1.05. The van der Waals surface area contributed by atoms with E-state index in [0.717, 1.165) is 12.0 Å². The van der Waals surface area contributed by atoms with Gasteiger partial charge >= 0.3 is 0 Å². The maximum absolute atomic E-state index is 11.6. The molecule has 20 heavy (non-hydrogen) atoms. The molecule has 0 saturated heterocycles. The van der Waals surface area contributed by atoms with Gasteiger partial charge in [-0.15, -0.1) is 0 Å². The molecule has 0 bridgehead atoms. The maximum atomic E-state index is 11.6. The lowest BCUT2D eigenvalue weighted by Crippen LogP contribution is -2.42. The van der Waals surface area contributed by atoms with E-state index in [9.17, 15) is 9.59 Å². The second-order valence-electron chi connectivity index (χ2n) is 4.74. The van der Waals surface area contributed by atoms with Gasteiger partial charge in [0.15, 0.2) is 0 Å². The van der Waals surface area contributed by atoms with Crippen LogP contribution in [-0.4, -0.2) is 30.9 Å². The third kappa shape index (κ3) is 6.89. The molecule has 0 aromatic heterocycles. The highest BCUT2D eigenvalue weighted by atomic mass is 16.2. The van der Waals surface area contributed by atoms with Crippen LogP contribution in [0.3, 0.4) is 0 Å². The number of hydrogen-bond donors (Lipinski definition) is 3. The van der Waals surface area contributed by atoms with Crippen LogP contribution < -0.4 is 16.0 Å². The van der Waals surface area contributed by atoms with Crippen molar-refractivity contribution in [2.75, 3.05) is 13.1 Å². The van der Waals surface area contributed by atoms with Crippen molar-refractivity contribution in [3.05, 3.63) is 35.9 Å². The van der Waals surface area contributed by atoms with Gasteiger partial charge in [0.25, 0.3) is 0 Å². The van der Waals surface area contributed by atoms with E-state index in [4.69, 9.17) is 0 Å². The Labute approximate surface area is 120 Å². The van der Waals surface area contributed by atoms with Gasteiger partial charge in [0, 0.05) is 12.6 Å². The van der Waals surface area contributed by atoms with Crippen molar-refractivity contribution >= 4 is 11.8 Å². The number of hydrogen-bond acceptors (Lipinski definition) is 3. The Hall–Kier alpha value is -1.88. The topological polar surface area (TPSA) is 70.2 Å². The molecular weight excluding hydrogens is 254 g/mol. The van der Waals surface area contributed by atoms with Gasteiger partial charge in [0.1, 0.15) is 0 Å². The summed E-state index contributed by atoms with van der Waals surface area (Å²) in [7, 11) is 0. The van der Waals surface area contributed by atoms with Gasteiger partial charge in [-0.05, 0) is 18.9 Å². The molecule has 0 heterocycles. The zero-order valence-corrected chi connectivity index (χ0v) is 12.1. The summed E-state index contributed by atoms with van der Waals surface area (Å²) in [6, 6.07) is 9.86. The Balaban J connectivity index is 2.13. The summed E-state index contributed by atoms with van der Waals surface area (Å²) in [6.45, 7) is 4.75. The Bertz CT molecular complexity index is 420. The molecule has 0 aliphatic rings. The summed E-state index contributed by atoms with van der Waals surface area (Å²) in [6.07, 6.45) is 0.892. The molecule has 5 heteroatoms. The van der Waals surface area contributed by atoms with E-state index in [2.05, 4.69) is 16.0 Å². The lowest BCUT2D eigenvalue weighted by Gasteiger charge is -2.11. The molecule has 0 saturated carbocycles. The molecule has 3 N–H and O–H groups in total. The van der Waals surface area contributed by atoms with Crippen LogP contribution in [0.5, 0.6) is 0 Å². The number of carbonyl (C=O) groups is 2. The normalized spacial score (nSPS) is 11.7. The summed E-state index contributed by atoms with van der Waals surface area (Å²) >= 11 is 0. The molecule has 1 aromatic carbocycles. The molecule has 0 aliphatic heterocycles. The van der Waals surface area contributed by atoms with E-state index in [1.54, 1.807) is 0 Å². The first-order valence-corrected chi connectivity index (χ1v) is 6.92. The monoisotopic (exact) mass is 277 g/mol. The maximum Gasteiger partial charge on any atom is 0.234 e. The van der Waals surface area contributed by atoms with Gasteiger partial charge in [0.2, 0.25) is 11.8 Å². The molecule has 1 rings (SSSR count). The highest BCUT2D eigenvalue weighted by molar-refractivity contribution is 5.81. The van der Waals surface area contributed by atoms with E-state index in [1.807, 2.05) is 44.2 Å². The number of carbonyl (C=O) groups excluding carboxylic acids is 2. The molecule has 1 unspecified atom stereocenters. The van der Waals surface area contributed by atoms with E-state index in [0.29, 0.717) is 6.54 Å². The standard InChI is InChI=1S/C15H23N3O2/c1-3-12(2)18-15(20)11-16-10-14(19)17-9-13-7-5-4-6-8-13/h4-8,12,16H,3,9-11H2,1-2H3,(H,17,19)(H,18,20). The number of rotatable bonds is 8. The van der Waals surface area contributed by atoms with Crippen molar-refractivity contribution in [2.45, 2.75) is 32.9 Å². The van der Waals surface area contributed by atoms with Crippen molar-refractivity contribution in [3.63, 3.8) is 0 Å². The smallest absolute Gasteiger partial charge is 0.234 e. The summed E-state index contributed by atoms with van der Waals surface area (Å²) < 4.78 is 0. The molecular formula is C15H23N3O2. The van der Waals surface area contributed by atoms with Crippen LogP contribution in [0.1, 0.15) is 25.8 Å². The fourth-order valence-electron chi connectivity index (χ4n) is 1.58. The molecule has 0 fully saturated rings. The number of nitrogens with one attached hydrogen (secondary N) is 3. The van der Waals surface area contributed by atoms with Crippen LogP contribution in [0.25, 0.3) is 0 Å². The van der Waals surface area contributed by atoms with Gasteiger partial charge in [-0.2, -0.15) is 0 Å². The second kappa shape index (κ2) is 9.09. The van der Waals surface area contributed by atoms with E-state index in [1.165, 1.54) is 0 Å². The first kappa shape index (κ1) is 16.2. The van der Waals surface area contributed by atoms with Crippen LogP contribution in [-0.2, 0) is 16.1 Å². The average Bonchev–Trinajstić information content (AvgIpc) is 2.46. The van der Waals surface area contributed by atoms with Gasteiger partial charge in [-0.1, -0.05) is 37.3 Å². The molecule has 2 amide bonds. The predicted octanol–water partition coefficient (Wildman–Crippen LogP) is 0.807. The number of benzene rings is 1. The zero-order chi connectivity index (χ0) is 14.8. The van der Waals surface area contributed by atoms with Crippen LogP contribution in [0.15, 0.2) is 30.3 Å². The lowest BCUT2D eigenvalue weighted by atomic mass is 10.2. The van der Waals surface area contributed by atoms with E-state index < -0.39 is 0 Å². The first-order valence-electron chi connectivity index (χ1n) is 6.92. The van der Waals surface area contributed by atoms with Crippen molar-refractivity contribution in [2.24, 2.45) is 0 Å². The van der Waals surface area contributed by atoms with Crippen molar-refractivity contribution < 1.29 is 9.59 Å². The van der Waals surface area contributed by atoms with E-state index >= 15 is 0 Å². The summed E-state index contributed by atoms with van der Waals surface area (Å²) in [5, 5.41) is 8.45. The van der Waals surface area contributed by atoms with Gasteiger partial charge in [0.05, 0.1) is 13.1 Å². The minimum atomic E-state index is -0.120. The molecule has 5 nitrogen and oxygen atoms in total. The lowest BCUT2D eigenvalue weighted by molar-refractivity contribution is -0.121.